The van der Waals surface area contributed by atoms with Crippen LogP contribution in [-0.2, 0) is 4.79 Å². The van der Waals surface area contributed by atoms with Crippen LogP contribution < -0.4 is 5.32 Å². The molecule has 1 unspecified atom stereocenters. The van der Waals surface area contributed by atoms with Crippen molar-refractivity contribution in [1.29, 1.82) is 0 Å². The van der Waals surface area contributed by atoms with E-state index in [0.717, 1.165) is 0 Å². The fourth-order valence-corrected chi connectivity index (χ4v) is 1.09. The number of amides is 1. The highest BCUT2D eigenvalue weighted by Crippen LogP contribution is 2.08. The van der Waals surface area contributed by atoms with Gasteiger partial charge in [0.25, 0.3) is 0 Å². The smallest absolute Gasteiger partial charge is 0.235 e. The van der Waals surface area contributed by atoms with Crippen molar-refractivity contribution in [2.75, 3.05) is 25.2 Å². The van der Waals surface area contributed by atoms with Gasteiger partial charge in [-0.2, -0.15) is 0 Å². The van der Waals surface area contributed by atoms with E-state index in [2.05, 4.69) is 37.2 Å². The van der Waals surface area contributed by atoms with E-state index in [9.17, 15) is 4.79 Å². The molecular weight excluding hydrogens is 322 g/mol. The van der Waals surface area contributed by atoms with Gasteiger partial charge in [-0.1, -0.05) is 31.9 Å². The maximum Gasteiger partial charge on any atom is 0.235 e. The Labute approximate surface area is 98.8 Å². The van der Waals surface area contributed by atoms with Crippen LogP contribution in [0.4, 0.5) is 0 Å². The Morgan fingerprint density at radius 3 is 2.00 bits per heavy atom. The van der Waals surface area contributed by atoms with E-state index in [-0.39, 0.29) is 0 Å². The molecule has 0 fully saturated rings. The van der Waals surface area contributed by atoms with Gasteiger partial charge in [0.2, 0.25) is 5.91 Å². The van der Waals surface area contributed by atoms with E-state index in [4.69, 9.17) is 15.3 Å². The van der Waals surface area contributed by atoms with Gasteiger partial charge in [0, 0.05) is 5.33 Å². The Morgan fingerprint density at radius 1 is 1.29 bits per heavy atom. The molecule has 0 aromatic rings. The molecule has 0 bridgehead atoms. The molecule has 14 heavy (non-hydrogen) atoms. The van der Waals surface area contributed by atoms with Crippen LogP contribution in [0.5, 0.6) is 0 Å². The molecule has 0 saturated heterocycles. The first kappa shape index (κ1) is 14.3. The predicted octanol–water partition coefficient (Wildman–Crippen LogP) is -1.02. The number of rotatable bonds is 6. The zero-order valence-corrected chi connectivity index (χ0v) is 10.6. The molecule has 4 N–H and O–H groups in total. The number of carbonyl (C=O) groups excluding carboxylic acids is 1. The van der Waals surface area contributed by atoms with Crippen LogP contribution >= 0.6 is 31.9 Å². The Hall–Kier alpha value is 0.310. The second kappa shape index (κ2) is 6.73. The van der Waals surface area contributed by atoms with E-state index in [0.29, 0.717) is 5.33 Å². The van der Waals surface area contributed by atoms with Crippen LogP contribution in [0, 0.1) is 0 Å². The second-order valence-corrected chi connectivity index (χ2v) is 4.62. The summed E-state index contributed by atoms with van der Waals surface area (Å²) in [5, 5.41) is 29.5. The number of aliphatic hydroxyl groups is 3. The van der Waals surface area contributed by atoms with E-state index < -0.39 is 36.1 Å². The van der Waals surface area contributed by atoms with Gasteiger partial charge in [-0.05, 0) is 0 Å². The third-order valence-electron chi connectivity index (χ3n) is 1.72. The Bertz CT molecular complexity index is 178. The molecule has 0 aliphatic rings. The van der Waals surface area contributed by atoms with Gasteiger partial charge in [0.05, 0.1) is 19.8 Å². The van der Waals surface area contributed by atoms with E-state index in [1.54, 1.807) is 0 Å². The summed E-state index contributed by atoms with van der Waals surface area (Å²) in [4.78, 5) is 10.9. The maximum absolute atomic E-state index is 11.3. The molecule has 0 radical (unpaired) electrons. The molecule has 0 saturated carbocycles. The number of alkyl halides is 2. The van der Waals surface area contributed by atoms with Gasteiger partial charge < -0.3 is 20.6 Å². The molecule has 0 aromatic carbocycles. The zero-order valence-electron chi connectivity index (χ0n) is 7.41. The van der Waals surface area contributed by atoms with Crippen molar-refractivity contribution < 1.29 is 20.1 Å². The van der Waals surface area contributed by atoms with Crippen LogP contribution in [0.3, 0.4) is 0 Å². The van der Waals surface area contributed by atoms with Crippen molar-refractivity contribution in [3.8, 4) is 0 Å². The number of nitrogens with one attached hydrogen (secondary N) is 1. The lowest BCUT2D eigenvalue weighted by atomic mass is 10.0. The first-order valence-corrected chi connectivity index (χ1v) is 5.93. The molecule has 84 valence electrons. The molecule has 0 spiro atoms. The topological polar surface area (TPSA) is 89.8 Å². The summed E-state index contributed by atoms with van der Waals surface area (Å²) in [6.07, 6.45) is 0. The van der Waals surface area contributed by atoms with Crippen LogP contribution in [0.25, 0.3) is 0 Å². The molecule has 0 heterocycles. The lowest BCUT2D eigenvalue weighted by Gasteiger charge is -2.29. The van der Waals surface area contributed by atoms with Crippen molar-refractivity contribution in [3.05, 3.63) is 0 Å². The van der Waals surface area contributed by atoms with Crippen LogP contribution in [0.15, 0.2) is 0 Å². The summed E-state index contributed by atoms with van der Waals surface area (Å²) in [6.45, 7) is -1.56. The highest BCUT2D eigenvalue weighted by atomic mass is 79.9. The summed E-state index contributed by atoms with van der Waals surface area (Å²) in [5.41, 5.74) is -1.36. The van der Waals surface area contributed by atoms with Gasteiger partial charge in [-0.25, -0.2) is 0 Å². The van der Waals surface area contributed by atoms with Gasteiger partial charge in [0.1, 0.15) is 10.4 Å². The minimum absolute atomic E-state index is 0.400. The van der Waals surface area contributed by atoms with Crippen molar-refractivity contribution in [3.63, 3.8) is 0 Å². The molecule has 7 heteroatoms. The third-order valence-corrected chi connectivity index (χ3v) is 3.97. The normalized spacial score (nSPS) is 13.8. The molecule has 0 rings (SSSR count). The molecule has 5 nitrogen and oxygen atoms in total. The van der Waals surface area contributed by atoms with Gasteiger partial charge >= 0.3 is 0 Å². The predicted molar refractivity (Wildman–Crippen MR) is 58.6 cm³/mol. The Kier molecular flexibility index (Phi) is 6.88. The standard InChI is InChI=1S/C7H13Br2NO4/c8-1-5(9)6(14)10-7(2-11,3-12)4-13/h5,11-13H,1-4H2,(H,10,14). The van der Waals surface area contributed by atoms with E-state index in [1.165, 1.54) is 0 Å². The molecule has 1 amide bonds. The lowest BCUT2D eigenvalue weighted by Crippen LogP contribution is -2.58. The molecule has 0 aliphatic heterocycles. The van der Waals surface area contributed by atoms with Crippen LogP contribution in [0.2, 0.25) is 0 Å². The minimum Gasteiger partial charge on any atom is -0.394 e. The quantitative estimate of drug-likeness (QED) is 0.468. The number of hydrogen-bond acceptors (Lipinski definition) is 4. The maximum atomic E-state index is 11.3. The summed E-state index contributed by atoms with van der Waals surface area (Å²) >= 11 is 6.17. The van der Waals surface area contributed by atoms with E-state index >= 15 is 0 Å². The van der Waals surface area contributed by atoms with Crippen LogP contribution in [0.1, 0.15) is 0 Å². The van der Waals surface area contributed by atoms with Crippen molar-refractivity contribution >= 4 is 37.8 Å². The summed E-state index contributed by atoms with van der Waals surface area (Å²) in [7, 11) is 0. The molecular formula is C7H13Br2NO4. The van der Waals surface area contributed by atoms with Crippen molar-refractivity contribution in [1.82, 2.24) is 5.32 Å². The van der Waals surface area contributed by atoms with Gasteiger partial charge in [-0.15, -0.1) is 0 Å². The second-order valence-electron chi connectivity index (χ2n) is 2.87. The Morgan fingerprint density at radius 2 is 1.71 bits per heavy atom. The number of halogens is 2. The summed E-state index contributed by atoms with van der Waals surface area (Å²) < 4.78 is 0. The number of aliphatic hydroxyl groups excluding tert-OH is 3. The van der Waals surface area contributed by atoms with E-state index in [1.807, 2.05) is 0 Å². The summed E-state index contributed by atoms with van der Waals surface area (Å²) in [5.74, 6) is -0.404. The molecule has 1 atom stereocenters. The summed E-state index contributed by atoms with van der Waals surface area (Å²) in [6, 6.07) is 0. The first-order valence-electron chi connectivity index (χ1n) is 3.90. The molecule has 0 aliphatic carbocycles. The first-order chi connectivity index (χ1) is 6.55. The average molecular weight is 335 g/mol. The van der Waals surface area contributed by atoms with Crippen molar-refractivity contribution in [2.45, 2.75) is 10.4 Å². The number of hydrogen-bond donors (Lipinski definition) is 4. The zero-order chi connectivity index (χ0) is 11.2. The molecule has 0 aromatic heterocycles. The fourth-order valence-electron chi connectivity index (χ4n) is 0.678. The van der Waals surface area contributed by atoms with Crippen LogP contribution in [-0.4, -0.2) is 56.7 Å². The highest BCUT2D eigenvalue weighted by Gasteiger charge is 2.31. The SMILES string of the molecule is O=C(NC(CO)(CO)CO)C(Br)CBr. The average Bonchev–Trinajstić information content (AvgIpc) is 2.24. The highest BCUT2D eigenvalue weighted by molar-refractivity contribution is 9.12. The van der Waals surface area contributed by atoms with Gasteiger partial charge in [-0.3, -0.25) is 4.79 Å². The third kappa shape index (κ3) is 3.82. The van der Waals surface area contributed by atoms with Gasteiger partial charge in [0.15, 0.2) is 0 Å². The fraction of sp³-hybridized carbons (Fsp3) is 0.857. The monoisotopic (exact) mass is 333 g/mol. The largest absolute Gasteiger partial charge is 0.394 e. The Balaban J connectivity index is 4.37. The lowest BCUT2D eigenvalue weighted by molar-refractivity contribution is -0.124. The van der Waals surface area contributed by atoms with Crippen molar-refractivity contribution in [2.24, 2.45) is 0 Å². The number of carbonyl (C=O) groups is 1. The minimum atomic E-state index is -1.36.